The average Bonchev–Trinajstić information content (AvgIpc) is 2.33. The van der Waals surface area contributed by atoms with Crippen molar-refractivity contribution in [2.75, 3.05) is 19.4 Å². The molecule has 0 spiro atoms. The van der Waals surface area contributed by atoms with Gasteiger partial charge in [-0.2, -0.15) is 0 Å². The molecule has 5 nitrogen and oxygen atoms in total. The first kappa shape index (κ1) is 16.1. The Morgan fingerprint density at radius 2 is 2.00 bits per heavy atom. The van der Waals surface area contributed by atoms with E-state index in [0.29, 0.717) is 24.5 Å². The van der Waals surface area contributed by atoms with Crippen molar-refractivity contribution in [3.8, 4) is 5.75 Å². The number of carbonyl (C=O) groups is 1. The van der Waals surface area contributed by atoms with Gasteiger partial charge in [0.05, 0.1) is 13.7 Å². The molecule has 0 radical (unpaired) electrons. The number of anilines is 1. The van der Waals surface area contributed by atoms with Crippen LogP contribution in [0.2, 0.25) is 0 Å². The molecule has 112 valence electrons. The molecule has 1 rings (SSSR count). The van der Waals surface area contributed by atoms with Crippen LogP contribution in [0, 0.1) is 0 Å². The molecule has 0 saturated carbocycles. The third-order valence-electron chi connectivity index (χ3n) is 2.70. The Hall–Kier alpha value is -1.91. The first-order valence-corrected chi connectivity index (χ1v) is 6.67. The Bertz CT molecular complexity index is 467. The highest BCUT2D eigenvalue weighted by atomic mass is 16.6. The van der Waals surface area contributed by atoms with Gasteiger partial charge in [0.25, 0.3) is 0 Å². The van der Waals surface area contributed by atoms with Crippen LogP contribution in [0.25, 0.3) is 0 Å². The van der Waals surface area contributed by atoms with Crippen molar-refractivity contribution in [3.05, 3.63) is 23.8 Å². The van der Waals surface area contributed by atoms with Crippen molar-refractivity contribution in [1.29, 1.82) is 0 Å². The Balaban J connectivity index is 2.88. The maximum absolute atomic E-state index is 12.1. The number of benzene rings is 1. The van der Waals surface area contributed by atoms with Gasteiger partial charge in [-0.15, -0.1) is 0 Å². The Morgan fingerprint density at radius 3 is 2.50 bits per heavy atom. The van der Waals surface area contributed by atoms with Gasteiger partial charge in [0, 0.05) is 17.8 Å². The molecule has 0 aliphatic rings. The van der Waals surface area contributed by atoms with Crippen LogP contribution >= 0.6 is 0 Å². The van der Waals surface area contributed by atoms with Gasteiger partial charge in [-0.3, -0.25) is 0 Å². The summed E-state index contributed by atoms with van der Waals surface area (Å²) in [6, 6.07) is 5.38. The van der Waals surface area contributed by atoms with Gasteiger partial charge in [-0.25, -0.2) is 4.79 Å². The van der Waals surface area contributed by atoms with Crippen LogP contribution in [0.1, 0.15) is 33.3 Å². The minimum Gasteiger partial charge on any atom is -0.496 e. The molecule has 0 fully saturated rings. The fourth-order valence-electron chi connectivity index (χ4n) is 1.76. The second-order valence-electron chi connectivity index (χ2n) is 5.57. The van der Waals surface area contributed by atoms with E-state index in [1.54, 1.807) is 24.1 Å². The SMILES string of the molecule is CCN(Cc1cc(N)ccc1OC)C(=O)OC(C)(C)C. The van der Waals surface area contributed by atoms with Gasteiger partial charge in [0.2, 0.25) is 0 Å². The van der Waals surface area contributed by atoms with Gasteiger partial charge in [-0.1, -0.05) is 0 Å². The smallest absolute Gasteiger partial charge is 0.410 e. The number of nitrogens with two attached hydrogens (primary N) is 1. The van der Waals surface area contributed by atoms with E-state index in [1.807, 2.05) is 33.8 Å². The molecule has 1 aromatic carbocycles. The fourth-order valence-corrected chi connectivity index (χ4v) is 1.76. The van der Waals surface area contributed by atoms with Crippen LogP contribution in [0.3, 0.4) is 0 Å². The van der Waals surface area contributed by atoms with E-state index < -0.39 is 5.60 Å². The van der Waals surface area contributed by atoms with Gasteiger partial charge in [0.15, 0.2) is 0 Å². The molecular formula is C15H24N2O3. The summed E-state index contributed by atoms with van der Waals surface area (Å²) < 4.78 is 10.7. The molecule has 0 aromatic heterocycles. The summed E-state index contributed by atoms with van der Waals surface area (Å²) in [6.07, 6.45) is -0.343. The third kappa shape index (κ3) is 4.64. The number of amides is 1. The summed E-state index contributed by atoms with van der Waals surface area (Å²) in [7, 11) is 1.60. The molecule has 2 N–H and O–H groups in total. The van der Waals surface area contributed by atoms with Gasteiger partial charge in [0.1, 0.15) is 11.4 Å². The molecular weight excluding hydrogens is 256 g/mol. The van der Waals surface area contributed by atoms with Gasteiger partial charge >= 0.3 is 6.09 Å². The largest absolute Gasteiger partial charge is 0.496 e. The van der Waals surface area contributed by atoms with Crippen LogP contribution in [0.15, 0.2) is 18.2 Å². The summed E-state index contributed by atoms with van der Waals surface area (Å²) in [6.45, 7) is 8.40. The molecule has 0 heterocycles. The van der Waals surface area contributed by atoms with E-state index in [0.717, 1.165) is 5.56 Å². The minimum absolute atomic E-state index is 0.343. The summed E-state index contributed by atoms with van der Waals surface area (Å²) in [5.74, 6) is 0.709. The third-order valence-corrected chi connectivity index (χ3v) is 2.70. The standard InChI is InChI=1S/C15H24N2O3/c1-6-17(14(18)20-15(2,3)4)10-11-9-12(16)7-8-13(11)19-5/h7-9H,6,10,16H2,1-5H3. The summed E-state index contributed by atoms with van der Waals surface area (Å²) in [4.78, 5) is 13.7. The zero-order valence-corrected chi connectivity index (χ0v) is 12.9. The molecule has 0 bridgehead atoms. The van der Waals surface area contributed by atoms with Crippen molar-refractivity contribution in [1.82, 2.24) is 4.90 Å². The number of nitrogens with zero attached hydrogens (tertiary/aromatic N) is 1. The van der Waals surface area contributed by atoms with Crippen LogP contribution in [-0.4, -0.2) is 30.2 Å². The lowest BCUT2D eigenvalue weighted by atomic mass is 10.1. The predicted octanol–water partition coefficient (Wildman–Crippen LogP) is 3.03. The van der Waals surface area contributed by atoms with E-state index in [4.69, 9.17) is 15.2 Å². The second kappa shape index (κ2) is 6.50. The predicted molar refractivity (Wildman–Crippen MR) is 79.7 cm³/mol. The minimum atomic E-state index is -0.510. The van der Waals surface area contributed by atoms with Crippen LogP contribution in [0.4, 0.5) is 10.5 Å². The molecule has 0 atom stereocenters. The van der Waals surface area contributed by atoms with Crippen molar-refractivity contribution in [3.63, 3.8) is 0 Å². The maximum atomic E-state index is 12.1. The highest BCUT2D eigenvalue weighted by Gasteiger charge is 2.22. The number of hydrogen-bond acceptors (Lipinski definition) is 4. The highest BCUT2D eigenvalue weighted by Crippen LogP contribution is 2.23. The van der Waals surface area contributed by atoms with Gasteiger partial charge < -0.3 is 20.1 Å². The summed E-state index contributed by atoms with van der Waals surface area (Å²) in [5, 5.41) is 0. The van der Waals surface area contributed by atoms with Crippen molar-refractivity contribution in [2.24, 2.45) is 0 Å². The molecule has 0 unspecified atom stereocenters. The quantitative estimate of drug-likeness (QED) is 0.861. The van der Waals surface area contributed by atoms with E-state index in [2.05, 4.69) is 0 Å². The molecule has 0 saturated heterocycles. The first-order chi connectivity index (χ1) is 9.26. The number of ether oxygens (including phenoxy) is 2. The fraction of sp³-hybridized carbons (Fsp3) is 0.533. The lowest BCUT2D eigenvalue weighted by Crippen LogP contribution is -2.36. The number of carbonyl (C=O) groups excluding carboxylic acids is 1. The lowest BCUT2D eigenvalue weighted by Gasteiger charge is -2.27. The molecule has 5 heteroatoms. The van der Waals surface area contributed by atoms with E-state index in [1.165, 1.54) is 0 Å². The zero-order chi connectivity index (χ0) is 15.3. The molecule has 0 aliphatic carbocycles. The second-order valence-corrected chi connectivity index (χ2v) is 5.57. The molecule has 20 heavy (non-hydrogen) atoms. The van der Waals surface area contributed by atoms with Crippen molar-refractivity contribution >= 4 is 11.8 Å². The maximum Gasteiger partial charge on any atom is 0.410 e. The number of methoxy groups -OCH3 is 1. The first-order valence-electron chi connectivity index (χ1n) is 6.67. The Kier molecular flexibility index (Phi) is 5.25. The highest BCUT2D eigenvalue weighted by molar-refractivity contribution is 5.68. The lowest BCUT2D eigenvalue weighted by molar-refractivity contribution is 0.0243. The number of rotatable bonds is 4. The molecule has 0 aliphatic heterocycles. The average molecular weight is 280 g/mol. The van der Waals surface area contributed by atoms with E-state index in [-0.39, 0.29) is 6.09 Å². The molecule has 1 amide bonds. The van der Waals surface area contributed by atoms with Crippen LogP contribution in [-0.2, 0) is 11.3 Å². The van der Waals surface area contributed by atoms with E-state index in [9.17, 15) is 4.79 Å². The monoisotopic (exact) mass is 280 g/mol. The summed E-state index contributed by atoms with van der Waals surface area (Å²) >= 11 is 0. The number of nitrogen functional groups attached to an aromatic ring is 1. The molecule has 1 aromatic rings. The Morgan fingerprint density at radius 1 is 1.35 bits per heavy atom. The van der Waals surface area contributed by atoms with Crippen molar-refractivity contribution in [2.45, 2.75) is 39.8 Å². The normalized spacial score (nSPS) is 11.1. The van der Waals surface area contributed by atoms with Crippen LogP contribution in [0.5, 0.6) is 5.75 Å². The van der Waals surface area contributed by atoms with E-state index >= 15 is 0 Å². The van der Waals surface area contributed by atoms with Crippen LogP contribution < -0.4 is 10.5 Å². The number of hydrogen-bond donors (Lipinski definition) is 1. The zero-order valence-electron chi connectivity index (χ0n) is 12.9. The topological polar surface area (TPSA) is 64.8 Å². The van der Waals surface area contributed by atoms with Gasteiger partial charge in [-0.05, 0) is 45.9 Å². The summed E-state index contributed by atoms with van der Waals surface area (Å²) in [5.41, 5.74) is 6.78. The van der Waals surface area contributed by atoms with Crippen molar-refractivity contribution < 1.29 is 14.3 Å². The Labute approximate surface area is 120 Å².